The molecule has 0 aliphatic rings. The lowest BCUT2D eigenvalue weighted by atomic mass is 10.1. The van der Waals surface area contributed by atoms with Gasteiger partial charge in [-0.2, -0.15) is 0 Å². The molecule has 0 saturated heterocycles. The van der Waals surface area contributed by atoms with Gasteiger partial charge in [-0.3, -0.25) is 4.98 Å². The Morgan fingerprint density at radius 3 is 2.89 bits per heavy atom. The molecule has 3 rings (SSSR count). The summed E-state index contributed by atoms with van der Waals surface area (Å²) in [4.78, 5) is 4.51. The Morgan fingerprint density at radius 2 is 2.11 bits per heavy atom. The Bertz CT molecular complexity index is 701. The van der Waals surface area contributed by atoms with Crippen molar-refractivity contribution >= 4 is 16.7 Å². The second-order valence-corrected chi connectivity index (χ2v) is 4.28. The minimum absolute atomic E-state index is 0.435. The van der Waals surface area contributed by atoms with Crippen LogP contribution in [0.15, 0.2) is 36.5 Å². The molecule has 0 unspecified atom stereocenters. The largest absolute Gasteiger partial charge is 0.381 e. The van der Waals surface area contributed by atoms with Crippen LogP contribution in [0.5, 0.6) is 0 Å². The number of aryl methyl sites for hydroxylation is 1. The van der Waals surface area contributed by atoms with Crippen molar-refractivity contribution in [2.75, 3.05) is 5.73 Å². The summed E-state index contributed by atoms with van der Waals surface area (Å²) in [6.07, 6.45) is 1.73. The summed E-state index contributed by atoms with van der Waals surface area (Å²) in [7, 11) is 0. The van der Waals surface area contributed by atoms with Crippen molar-refractivity contribution in [1.29, 1.82) is 0 Å². The first-order chi connectivity index (χ1) is 8.72. The number of pyridine rings is 1. The standard InChI is InChI=1S/C13H13N5/c1-9-6-10(7-18-8-13(14)16-17-18)11-4-2-3-5-12(11)15-9/h2-6,8H,7,14H2,1H3. The summed E-state index contributed by atoms with van der Waals surface area (Å²) in [6, 6.07) is 10.2. The van der Waals surface area contributed by atoms with Crippen molar-refractivity contribution in [3.63, 3.8) is 0 Å². The monoisotopic (exact) mass is 239 g/mol. The van der Waals surface area contributed by atoms with E-state index in [1.807, 2.05) is 25.1 Å². The number of hydrogen-bond donors (Lipinski definition) is 1. The fourth-order valence-corrected chi connectivity index (χ4v) is 2.09. The minimum atomic E-state index is 0.435. The average Bonchev–Trinajstić information content (AvgIpc) is 2.74. The average molecular weight is 239 g/mol. The van der Waals surface area contributed by atoms with Gasteiger partial charge in [0.1, 0.15) is 0 Å². The molecule has 90 valence electrons. The maximum Gasteiger partial charge on any atom is 0.165 e. The Kier molecular flexibility index (Phi) is 2.44. The summed E-state index contributed by atoms with van der Waals surface area (Å²) < 4.78 is 1.73. The van der Waals surface area contributed by atoms with E-state index in [9.17, 15) is 0 Å². The van der Waals surface area contributed by atoms with Crippen molar-refractivity contribution in [2.24, 2.45) is 0 Å². The SMILES string of the molecule is Cc1cc(Cn2cc(N)nn2)c2ccccc2n1. The highest BCUT2D eigenvalue weighted by Crippen LogP contribution is 2.19. The molecule has 5 heteroatoms. The summed E-state index contributed by atoms with van der Waals surface area (Å²) in [6.45, 7) is 2.64. The predicted octanol–water partition coefficient (Wildman–Crippen LogP) is 1.77. The third-order valence-corrected chi connectivity index (χ3v) is 2.82. The summed E-state index contributed by atoms with van der Waals surface area (Å²) in [5.74, 6) is 0.435. The van der Waals surface area contributed by atoms with Gasteiger partial charge in [0.15, 0.2) is 5.82 Å². The summed E-state index contributed by atoms with van der Waals surface area (Å²) in [5, 5.41) is 8.90. The van der Waals surface area contributed by atoms with Crippen LogP contribution in [0.3, 0.4) is 0 Å². The number of rotatable bonds is 2. The second-order valence-electron chi connectivity index (χ2n) is 4.28. The van der Waals surface area contributed by atoms with E-state index in [1.165, 1.54) is 5.56 Å². The maximum absolute atomic E-state index is 5.57. The Labute approximate surface area is 104 Å². The van der Waals surface area contributed by atoms with Crippen LogP contribution in [0.4, 0.5) is 5.82 Å². The molecule has 0 spiro atoms. The molecule has 18 heavy (non-hydrogen) atoms. The van der Waals surface area contributed by atoms with Crippen molar-refractivity contribution in [1.82, 2.24) is 20.0 Å². The summed E-state index contributed by atoms with van der Waals surface area (Å²) in [5.41, 5.74) is 8.74. The zero-order valence-electron chi connectivity index (χ0n) is 10.0. The van der Waals surface area contributed by atoms with Gasteiger partial charge < -0.3 is 5.73 Å². The molecule has 0 saturated carbocycles. The molecule has 2 N–H and O–H groups in total. The maximum atomic E-state index is 5.57. The van der Waals surface area contributed by atoms with Gasteiger partial charge in [0.2, 0.25) is 0 Å². The fourth-order valence-electron chi connectivity index (χ4n) is 2.09. The molecule has 0 atom stereocenters. The van der Waals surface area contributed by atoms with E-state index in [1.54, 1.807) is 10.9 Å². The molecule has 0 aliphatic carbocycles. The van der Waals surface area contributed by atoms with E-state index in [-0.39, 0.29) is 0 Å². The summed E-state index contributed by atoms with van der Waals surface area (Å²) >= 11 is 0. The van der Waals surface area contributed by atoms with E-state index in [4.69, 9.17) is 5.73 Å². The van der Waals surface area contributed by atoms with Crippen LogP contribution in [0.1, 0.15) is 11.3 Å². The van der Waals surface area contributed by atoms with Crippen LogP contribution in [0, 0.1) is 6.92 Å². The number of aromatic nitrogens is 4. The first-order valence-corrected chi connectivity index (χ1v) is 5.73. The van der Waals surface area contributed by atoms with Crippen molar-refractivity contribution < 1.29 is 0 Å². The van der Waals surface area contributed by atoms with Gasteiger partial charge in [-0.1, -0.05) is 23.4 Å². The van der Waals surface area contributed by atoms with Gasteiger partial charge in [-0.25, -0.2) is 4.68 Å². The Balaban J connectivity index is 2.10. The highest BCUT2D eigenvalue weighted by Gasteiger charge is 2.05. The fraction of sp³-hybridized carbons (Fsp3) is 0.154. The van der Waals surface area contributed by atoms with Crippen molar-refractivity contribution in [2.45, 2.75) is 13.5 Å². The number of para-hydroxylation sites is 1. The van der Waals surface area contributed by atoms with E-state index in [0.717, 1.165) is 16.6 Å². The highest BCUT2D eigenvalue weighted by atomic mass is 15.4. The van der Waals surface area contributed by atoms with Gasteiger partial charge in [0.25, 0.3) is 0 Å². The van der Waals surface area contributed by atoms with Gasteiger partial charge >= 0.3 is 0 Å². The van der Waals surface area contributed by atoms with Crippen LogP contribution in [-0.2, 0) is 6.54 Å². The molecule has 0 bridgehead atoms. The molecule has 0 amide bonds. The van der Waals surface area contributed by atoms with Crippen molar-refractivity contribution in [3.05, 3.63) is 47.8 Å². The molecule has 3 aromatic rings. The predicted molar refractivity (Wildman–Crippen MR) is 70.0 cm³/mol. The number of nitrogens with two attached hydrogens (primary N) is 1. The number of fused-ring (bicyclic) bond motifs is 1. The number of nitrogen functional groups attached to an aromatic ring is 1. The smallest absolute Gasteiger partial charge is 0.165 e. The van der Waals surface area contributed by atoms with Crippen LogP contribution >= 0.6 is 0 Å². The molecule has 0 aliphatic heterocycles. The van der Waals surface area contributed by atoms with E-state index in [0.29, 0.717) is 12.4 Å². The van der Waals surface area contributed by atoms with Gasteiger partial charge in [0.05, 0.1) is 18.3 Å². The lowest BCUT2D eigenvalue weighted by Crippen LogP contribution is -2.02. The minimum Gasteiger partial charge on any atom is -0.381 e. The van der Waals surface area contributed by atoms with E-state index in [2.05, 4.69) is 27.4 Å². The quantitative estimate of drug-likeness (QED) is 0.739. The lowest BCUT2D eigenvalue weighted by Gasteiger charge is -2.07. The third-order valence-electron chi connectivity index (χ3n) is 2.82. The van der Waals surface area contributed by atoms with Gasteiger partial charge in [-0.05, 0) is 24.6 Å². The number of nitrogens with zero attached hydrogens (tertiary/aromatic N) is 4. The zero-order valence-corrected chi connectivity index (χ0v) is 10.0. The first-order valence-electron chi connectivity index (χ1n) is 5.73. The molecule has 2 heterocycles. The first kappa shape index (κ1) is 10.7. The molecule has 0 radical (unpaired) electrons. The van der Waals surface area contributed by atoms with Crippen LogP contribution in [0.25, 0.3) is 10.9 Å². The third kappa shape index (κ3) is 1.90. The molecule has 0 fully saturated rings. The normalized spacial score (nSPS) is 10.9. The number of anilines is 1. The topological polar surface area (TPSA) is 69.6 Å². The van der Waals surface area contributed by atoms with Gasteiger partial charge in [-0.15, -0.1) is 5.10 Å². The van der Waals surface area contributed by atoms with Crippen LogP contribution < -0.4 is 5.73 Å². The molecule has 2 aromatic heterocycles. The molecule has 1 aromatic carbocycles. The molecule has 5 nitrogen and oxygen atoms in total. The Hall–Kier alpha value is -2.43. The molecular weight excluding hydrogens is 226 g/mol. The van der Waals surface area contributed by atoms with E-state index < -0.39 is 0 Å². The number of benzene rings is 1. The highest BCUT2D eigenvalue weighted by molar-refractivity contribution is 5.82. The zero-order chi connectivity index (χ0) is 12.5. The van der Waals surface area contributed by atoms with Gasteiger partial charge in [0, 0.05) is 11.1 Å². The van der Waals surface area contributed by atoms with Crippen LogP contribution in [0.2, 0.25) is 0 Å². The molecular formula is C13H13N5. The van der Waals surface area contributed by atoms with Crippen molar-refractivity contribution in [3.8, 4) is 0 Å². The lowest BCUT2D eigenvalue weighted by molar-refractivity contribution is 0.652. The Morgan fingerprint density at radius 1 is 1.28 bits per heavy atom. The number of hydrogen-bond acceptors (Lipinski definition) is 4. The van der Waals surface area contributed by atoms with E-state index >= 15 is 0 Å². The van der Waals surface area contributed by atoms with Crippen LogP contribution in [-0.4, -0.2) is 20.0 Å². The second kappa shape index (κ2) is 4.10.